The zero-order valence-corrected chi connectivity index (χ0v) is 12.8. The molecule has 0 aliphatic heterocycles. The van der Waals surface area contributed by atoms with Gasteiger partial charge < -0.3 is 15.8 Å². The molecule has 21 heavy (non-hydrogen) atoms. The highest BCUT2D eigenvalue weighted by molar-refractivity contribution is 7.80. The zero-order valence-electron chi connectivity index (χ0n) is 11.2. The fraction of sp³-hybridized carbons (Fsp3) is 0.0667. The molecule has 0 spiro atoms. The number of halogens is 1. The van der Waals surface area contributed by atoms with E-state index in [4.69, 9.17) is 34.3 Å². The molecule has 1 amide bonds. The number of benzene rings is 2. The molecule has 0 saturated carbocycles. The SMILES string of the molecule is CC(=O)Nc1ccccc1Oc1cccc(Cl)c1C(N)=S. The normalized spacial score (nSPS) is 10.0. The van der Waals surface area contributed by atoms with Gasteiger partial charge in [0.05, 0.1) is 16.3 Å². The van der Waals surface area contributed by atoms with E-state index in [0.29, 0.717) is 27.8 Å². The van der Waals surface area contributed by atoms with Gasteiger partial charge in [0.1, 0.15) is 10.7 Å². The second-order valence-electron chi connectivity index (χ2n) is 4.26. The number of amides is 1. The summed E-state index contributed by atoms with van der Waals surface area (Å²) in [5.74, 6) is 0.729. The van der Waals surface area contributed by atoms with Gasteiger partial charge in [0, 0.05) is 6.92 Å². The van der Waals surface area contributed by atoms with Crippen molar-refractivity contribution < 1.29 is 9.53 Å². The van der Waals surface area contributed by atoms with Crippen LogP contribution >= 0.6 is 23.8 Å². The number of thiocarbonyl (C=S) groups is 1. The Kier molecular flexibility index (Phi) is 4.77. The number of nitrogens with two attached hydrogens (primary N) is 1. The number of carbonyl (C=O) groups is 1. The standard InChI is InChI=1S/C15H13ClN2O2S/c1-9(19)18-11-6-2-3-7-12(11)20-13-8-4-5-10(16)14(13)15(17)21/h2-8H,1H3,(H2,17,21)(H,18,19). The van der Waals surface area contributed by atoms with Crippen molar-refractivity contribution >= 4 is 40.4 Å². The van der Waals surface area contributed by atoms with Crippen molar-refractivity contribution in [2.45, 2.75) is 6.92 Å². The number of carbonyl (C=O) groups excluding carboxylic acids is 1. The van der Waals surface area contributed by atoms with E-state index < -0.39 is 0 Å². The van der Waals surface area contributed by atoms with Crippen LogP contribution in [0.1, 0.15) is 12.5 Å². The Morgan fingerprint density at radius 2 is 1.86 bits per heavy atom. The summed E-state index contributed by atoms with van der Waals surface area (Å²) in [6.45, 7) is 1.43. The van der Waals surface area contributed by atoms with Crippen molar-refractivity contribution in [3.8, 4) is 11.5 Å². The number of hydrogen-bond acceptors (Lipinski definition) is 3. The maximum Gasteiger partial charge on any atom is 0.221 e. The predicted octanol–water partition coefficient (Wildman–Crippen LogP) is 3.72. The second kappa shape index (κ2) is 6.56. The Morgan fingerprint density at radius 3 is 2.52 bits per heavy atom. The van der Waals surface area contributed by atoms with E-state index in [0.717, 1.165) is 0 Å². The first-order valence-corrected chi connectivity index (χ1v) is 6.90. The molecule has 0 radical (unpaired) electrons. The highest BCUT2D eigenvalue weighted by Gasteiger charge is 2.13. The lowest BCUT2D eigenvalue weighted by molar-refractivity contribution is -0.114. The lowest BCUT2D eigenvalue weighted by Gasteiger charge is -2.14. The third-order valence-corrected chi connectivity index (χ3v) is 3.16. The van der Waals surface area contributed by atoms with Crippen molar-refractivity contribution in [2.24, 2.45) is 5.73 Å². The van der Waals surface area contributed by atoms with Crippen molar-refractivity contribution in [2.75, 3.05) is 5.32 Å². The van der Waals surface area contributed by atoms with E-state index in [2.05, 4.69) is 5.32 Å². The Labute approximate surface area is 132 Å². The number of hydrogen-bond donors (Lipinski definition) is 2. The number of para-hydroxylation sites is 2. The second-order valence-corrected chi connectivity index (χ2v) is 5.10. The highest BCUT2D eigenvalue weighted by Crippen LogP contribution is 2.34. The molecule has 0 aromatic heterocycles. The van der Waals surface area contributed by atoms with Crippen LogP contribution in [0.3, 0.4) is 0 Å². The first kappa shape index (κ1) is 15.3. The predicted molar refractivity (Wildman–Crippen MR) is 88.2 cm³/mol. The Bertz CT molecular complexity index is 704. The van der Waals surface area contributed by atoms with Crippen LogP contribution in [-0.2, 0) is 4.79 Å². The van der Waals surface area contributed by atoms with E-state index in [-0.39, 0.29) is 10.9 Å². The first-order valence-electron chi connectivity index (χ1n) is 6.12. The molecule has 108 valence electrons. The minimum Gasteiger partial charge on any atom is -0.454 e. The molecule has 0 saturated heterocycles. The number of nitrogens with one attached hydrogen (secondary N) is 1. The highest BCUT2D eigenvalue weighted by atomic mass is 35.5. The third-order valence-electron chi connectivity index (χ3n) is 2.64. The van der Waals surface area contributed by atoms with Gasteiger partial charge in [-0.05, 0) is 24.3 Å². The van der Waals surface area contributed by atoms with Crippen LogP contribution in [0.2, 0.25) is 5.02 Å². The fourth-order valence-electron chi connectivity index (χ4n) is 1.80. The Morgan fingerprint density at radius 1 is 1.19 bits per heavy atom. The number of anilines is 1. The van der Waals surface area contributed by atoms with Gasteiger partial charge in [0.15, 0.2) is 5.75 Å². The third kappa shape index (κ3) is 3.71. The van der Waals surface area contributed by atoms with Crippen molar-refractivity contribution in [1.29, 1.82) is 0 Å². The van der Waals surface area contributed by atoms with Gasteiger partial charge in [-0.3, -0.25) is 4.79 Å². The van der Waals surface area contributed by atoms with Gasteiger partial charge in [-0.15, -0.1) is 0 Å². The molecule has 2 aromatic rings. The summed E-state index contributed by atoms with van der Waals surface area (Å²) in [5, 5.41) is 3.11. The summed E-state index contributed by atoms with van der Waals surface area (Å²) in [7, 11) is 0. The number of ether oxygens (including phenoxy) is 1. The largest absolute Gasteiger partial charge is 0.454 e. The number of rotatable bonds is 4. The molecule has 0 atom stereocenters. The summed E-state index contributed by atoms with van der Waals surface area (Å²) in [5.41, 5.74) is 6.70. The van der Waals surface area contributed by atoms with Crippen LogP contribution in [0.5, 0.6) is 11.5 Å². The van der Waals surface area contributed by atoms with Crippen LogP contribution in [0.4, 0.5) is 5.69 Å². The van der Waals surface area contributed by atoms with Crippen LogP contribution < -0.4 is 15.8 Å². The van der Waals surface area contributed by atoms with Crippen LogP contribution in [0.25, 0.3) is 0 Å². The molecule has 0 aliphatic carbocycles. The molecule has 3 N–H and O–H groups in total. The van der Waals surface area contributed by atoms with E-state index in [9.17, 15) is 4.79 Å². The molecule has 0 fully saturated rings. The van der Waals surface area contributed by atoms with Gasteiger partial charge >= 0.3 is 0 Å². The average Bonchev–Trinajstić information content (AvgIpc) is 2.40. The van der Waals surface area contributed by atoms with Crippen LogP contribution in [0, 0.1) is 0 Å². The topological polar surface area (TPSA) is 64.3 Å². The smallest absolute Gasteiger partial charge is 0.221 e. The molecule has 0 aliphatic rings. The summed E-state index contributed by atoms with van der Waals surface area (Å²) in [6.07, 6.45) is 0. The minimum atomic E-state index is -0.188. The lowest BCUT2D eigenvalue weighted by atomic mass is 10.2. The molecule has 0 bridgehead atoms. The maximum atomic E-state index is 11.2. The molecular formula is C15H13ClN2O2S. The molecule has 2 rings (SSSR count). The first-order chi connectivity index (χ1) is 9.99. The maximum absolute atomic E-state index is 11.2. The van der Waals surface area contributed by atoms with Gasteiger partial charge in [-0.2, -0.15) is 0 Å². The van der Waals surface area contributed by atoms with Crippen molar-refractivity contribution in [3.63, 3.8) is 0 Å². The van der Waals surface area contributed by atoms with Gasteiger partial charge in [-0.1, -0.05) is 42.0 Å². The minimum absolute atomic E-state index is 0.146. The van der Waals surface area contributed by atoms with Gasteiger partial charge in [0.2, 0.25) is 5.91 Å². The Balaban J connectivity index is 2.42. The van der Waals surface area contributed by atoms with Crippen LogP contribution in [0.15, 0.2) is 42.5 Å². The van der Waals surface area contributed by atoms with E-state index >= 15 is 0 Å². The fourth-order valence-corrected chi connectivity index (χ4v) is 2.33. The van der Waals surface area contributed by atoms with Gasteiger partial charge in [0.25, 0.3) is 0 Å². The average molecular weight is 321 g/mol. The molecule has 6 heteroatoms. The molecular weight excluding hydrogens is 308 g/mol. The van der Waals surface area contributed by atoms with E-state index in [1.165, 1.54) is 6.92 Å². The lowest BCUT2D eigenvalue weighted by Crippen LogP contribution is -2.12. The van der Waals surface area contributed by atoms with Crippen molar-refractivity contribution in [1.82, 2.24) is 0 Å². The summed E-state index contributed by atoms with van der Waals surface area (Å²) in [4.78, 5) is 11.4. The van der Waals surface area contributed by atoms with Crippen molar-refractivity contribution in [3.05, 3.63) is 53.1 Å². The van der Waals surface area contributed by atoms with Gasteiger partial charge in [-0.25, -0.2) is 0 Å². The molecule has 4 nitrogen and oxygen atoms in total. The van der Waals surface area contributed by atoms with E-state index in [1.54, 1.807) is 42.5 Å². The summed E-state index contributed by atoms with van der Waals surface area (Å²) < 4.78 is 5.82. The molecule has 2 aromatic carbocycles. The zero-order chi connectivity index (χ0) is 15.4. The monoisotopic (exact) mass is 320 g/mol. The summed E-state index contributed by atoms with van der Waals surface area (Å²) >= 11 is 11.1. The summed E-state index contributed by atoms with van der Waals surface area (Å²) in [6, 6.07) is 12.2. The quantitative estimate of drug-likeness (QED) is 0.843. The Hall–Kier alpha value is -2.11. The van der Waals surface area contributed by atoms with E-state index in [1.807, 2.05) is 0 Å². The molecule has 0 unspecified atom stereocenters. The molecule has 0 heterocycles. The van der Waals surface area contributed by atoms with Crippen LogP contribution in [-0.4, -0.2) is 10.9 Å².